The standard InChI is InChI=1S/C35H22F6S4/c1-17-29(25-11-9-21(15-27(25)44-17)19-5-3-7-23(42)13-19)31-32(34(38,39)35(40,41)33(31,36)37)30-18(2)45-28-16-22(10-12-26(28)30)20-6-4-8-24(43)14-20/h3-16,42-43H,1-2H3. The molecule has 7 rings (SSSR count). The van der Waals surface area contributed by atoms with Crippen molar-refractivity contribution in [3.8, 4) is 22.3 Å². The summed E-state index contributed by atoms with van der Waals surface area (Å²) in [4.78, 5) is 1.94. The van der Waals surface area contributed by atoms with Gasteiger partial charge in [-0.3, -0.25) is 0 Å². The maximum Gasteiger partial charge on any atom is 0.380 e. The Hall–Kier alpha value is -3.18. The fourth-order valence-corrected chi connectivity index (χ4v) is 8.85. The van der Waals surface area contributed by atoms with E-state index in [-0.39, 0.29) is 31.7 Å². The molecule has 0 radical (unpaired) electrons. The van der Waals surface area contributed by atoms with Gasteiger partial charge in [0.05, 0.1) is 0 Å². The van der Waals surface area contributed by atoms with Gasteiger partial charge in [-0.2, -0.15) is 26.3 Å². The van der Waals surface area contributed by atoms with Crippen molar-refractivity contribution in [3.05, 3.63) is 106 Å². The summed E-state index contributed by atoms with van der Waals surface area (Å²) in [5, 5.41) is 0.435. The van der Waals surface area contributed by atoms with Crippen LogP contribution in [0, 0.1) is 13.8 Å². The molecule has 6 aromatic rings. The van der Waals surface area contributed by atoms with Crippen LogP contribution < -0.4 is 0 Å². The predicted molar refractivity (Wildman–Crippen MR) is 180 cm³/mol. The maximum atomic E-state index is 15.9. The van der Waals surface area contributed by atoms with E-state index in [9.17, 15) is 0 Å². The fourth-order valence-electron chi connectivity index (χ4n) is 6.18. The van der Waals surface area contributed by atoms with E-state index in [0.29, 0.717) is 9.40 Å². The monoisotopic (exact) mass is 684 g/mol. The molecule has 1 aliphatic rings. The molecule has 0 fully saturated rings. The molecule has 10 heteroatoms. The van der Waals surface area contributed by atoms with Crippen molar-refractivity contribution in [3.63, 3.8) is 0 Å². The minimum atomic E-state index is -5.65. The molecule has 0 aliphatic heterocycles. The Kier molecular flexibility index (Phi) is 7.06. The second-order valence-electron chi connectivity index (χ2n) is 11.1. The lowest BCUT2D eigenvalue weighted by molar-refractivity contribution is -0.254. The highest BCUT2D eigenvalue weighted by atomic mass is 32.1. The van der Waals surface area contributed by atoms with Crippen molar-refractivity contribution in [2.45, 2.75) is 41.4 Å². The molecule has 45 heavy (non-hydrogen) atoms. The lowest BCUT2D eigenvalue weighted by atomic mass is 9.91. The van der Waals surface area contributed by atoms with Gasteiger partial charge in [-0.1, -0.05) is 48.5 Å². The van der Waals surface area contributed by atoms with Gasteiger partial charge in [-0.05, 0) is 72.5 Å². The van der Waals surface area contributed by atoms with Crippen molar-refractivity contribution < 1.29 is 26.3 Å². The summed E-state index contributed by atoms with van der Waals surface area (Å²) in [7, 11) is 0. The van der Waals surface area contributed by atoms with E-state index < -0.39 is 28.9 Å². The number of hydrogen-bond donors (Lipinski definition) is 2. The molecule has 2 heterocycles. The van der Waals surface area contributed by atoms with E-state index in [1.807, 2.05) is 48.5 Å². The number of allylic oxidation sites excluding steroid dienone is 2. The van der Waals surface area contributed by atoms with E-state index in [2.05, 4.69) is 25.3 Å². The third-order valence-corrected chi connectivity index (χ3v) is 11.0. The molecule has 4 aromatic carbocycles. The van der Waals surface area contributed by atoms with Gasteiger partial charge in [-0.25, -0.2) is 0 Å². The predicted octanol–water partition coefficient (Wildman–Crippen LogP) is 12.5. The average molecular weight is 685 g/mol. The van der Waals surface area contributed by atoms with Crippen LogP contribution in [0.3, 0.4) is 0 Å². The van der Waals surface area contributed by atoms with Gasteiger partial charge in [0, 0.05) is 62.0 Å². The lowest BCUT2D eigenvalue weighted by Crippen LogP contribution is -2.48. The first-order valence-electron chi connectivity index (χ1n) is 13.8. The van der Waals surface area contributed by atoms with E-state index in [4.69, 9.17) is 0 Å². The molecule has 0 unspecified atom stereocenters. The van der Waals surface area contributed by atoms with Gasteiger partial charge >= 0.3 is 17.8 Å². The van der Waals surface area contributed by atoms with Gasteiger partial charge < -0.3 is 0 Å². The molecular weight excluding hydrogens is 663 g/mol. The molecule has 2 aromatic heterocycles. The molecule has 228 valence electrons. The first-order valence-corrected chi connectivity index (χ1v) is 16.3. The minimum absolute atomic E-state index is 0.218. The third kappa shape index (κ3) is 4.51. The van der Waals surface area contributed by atoms with Crippen LogP contribution in [-0.4, -0.2) is 17.8 Å². The van der Waals surface area contributed by atoms with Crippen molar-refractivity contribution >= 4 is 79.2 Å². The maximum absolute atomic E-state index is 15.9. The Balaban J connectivity index is 1.49. The Morgan fingerprint density at radius 2 is 0.889 bits per heavy atom. The van der Waals surface area contributed by atoms with Gasteiger partial charge in [0.2, 0.25) is 0 Å². The Labute approximate surface area is 273 Å². The van der Waals surface area contributed by atoms with Crippen molar-refractivity contribution in [2.75, 3.05) is 0 Å². The summed E-state index contributed by atoms with van der Waals surface area (Å²) >= 11 is 11.0. The molecule has 0 spiro atoms. The SMILES string of the molecule is Cc1sc2cc(-c3cccc(S)c3)ccc2c1C1=C(c2c(C)sc3cc(-c4cccc(S)c4)ccc23)C(F)(F)C(F)(F)C1(F)F. The Morgan fingerprint density at radius 3 is 1.27 bits per heavy atom. The van der Waals surface area contributed by atoms with E-state index >= 15 is 26.3 Å². The van der Waals surface area contributed by atoms with Crippen molar-refractivity contribution in [1.29, 1.82) is 0 Å². The normalized spacial score (nSPS) is 17.1. The summed E-state index contributed by atoms with van der Waals surface area (Å²) in [6, 6.07) is 24.6. The number of benzene rings is 4. The summed E-state index contributed by atoms with van der Waals surface area (Å²) in [5.74, 6) is -15.9. The van der Waals surface area contributed by atoms with Crippen LogP contribution in [0.4, 0.5) is 26.3 Å². The summed E-state index contributed by atoms with van der Waals surface area (Å²) in [6.45, 7) is 3.01. The molecule has 0 saturated heterocycles. The minimum Gasteiger partial charge on any atom is -0.194 e. The molecule has 0 saturated carbocycles. The highest BCUT2D eigenvalue weighted by molar-refractivity contribution is 7.80. The van der Waals surface area contributed by atoms with Crippen LogP contribution >= 0.6 is 47.9 Å². The van der Waals surface area contributed by atoms with Crippen LogP contribution in [0.15, 0.2) is 94.7 Å². The van der Waals surface area contributed by atoms with Crippen LogP contribution in [0.25, 0.3) is 53.6 Å². The number of rotatable bonds is 4. The first kappa shape index (κ1) is 30.5. The zero-order valence-electron chi connectivity index (χ0n) is 23.6. The van der Waals surface area contributed by atoms with E-state index in [1.165, 1.54) is 13.8 Å². The topological polar surface area (TPSA) is 0 Å². The second-order valence-corrected chi connectivity index (χ2v) is 14.6. The molecule has 0 bridgehead atoms. The molecule has 0 N–H and O–H groups in total. The number of thiol groups is 2. The number of thiophene rings is 2. The van der Waals surface area contributed by atoms with Gasteiger partial charge in [0.1, 0.15) is 0 Å². The number of hydrogen-bond acceptors (Lipinski definition) is 4. The first-order chi connectivity index (χ1) is 21.2. The van der Waals surface area contributed by atoms with Crippen LogP contribution in [0.2, 0.25) is 0 Å². The zero-order chi connectivity index (χ0) is 32.1. The highest BCUT2D eigenvalue weighted by Gasteiger charge is 2.80. The van der Waals surface area contributed by atoms with E-state index in [1.54, 1.807) is 36.4 Å². The number of aryl methyl sites for hydroxylation is 2. The van der Waals surface area contributed by atoms with Crippen LogP contribution in [0.5, 0.6) is 0 Å². The van der Waals surface area contributed by atoms with Crippen molar-refractivity contribution in [2.24, 2.45) is 0 Å². The quantitative estimate of drug-likeness (QED) is 0.134. The Morgan fingerprint density at radius 1 is 0.511 bits per heavy atom. The molecule has 0 amide bonds. The number of halogens is 6. The second kappa shape index (κ2) is 10.4. The number of fused-ring (bicyclic) bond motifs is 2. The average Bonchev–Trinajstić information content (AvgIpc) is 3.51. The molecule has 0 nitrogen and oxygen atoms in total. The van der Waals surface area contributed by atoms with Crippen LogP contribution in [-0.2, 0) is 0 Å². The molecular formula is C35H22F6S4. The summed E-state index contributed by atoms with van der Waals surface area (Å²) in [6.07, 6.45) is 0. The smallest absolute Gasteiger partial charge is 0.194 e. The van der Waals surface area contributed by atoms with E-state index in [0.717, 1.165) is 54.7 Å². The lowest BCUT2D eigenvalue weighted by Gasteiger charge is -2.26. The van der Waals surface area contributed by atoms with Crippen molar-refractivity contribution in [1.82, 2.24) is 0 Å². The number of alkyl halides is 6. The van der Waals surface area contributed by atoms with Gasteiger partial charge in [-0.15, -0.1) is 47.9 Å². The van der Waals surface area contributed by atoms with Crippen LogP contribution in [0.1, 0.15) is 20.9 Å². The molecule has 0 atom stereocenters. The Bertz CT molecular complexity index is 2050. The molecule has 1 aliphatic carbocycles. The summed E-state index contributed by atoms with van der Waals surface area (Å²) < 4.78 is 95.5. The fraction of sp³-hybridized carbons (Fsp3) is 0.143. The van der Waals surface area contributed by atoms with Gasteiger partial charge in [0.15, 0.2) is 0 Å². The zero-order valence-corrected chi connectivity index (χ0v) is 27.0. The largest absolute Gasteiger partial charge is 0.380 e. The summed E-state index contributed by atoms with van der Waals surface area (Å²) in [5.41, 5.74) is -0.0306. The highest BCUT2D eigenvalue weighted by Crippen LogP contribution is 2.67. The third-order valence-electron chi connectivity index (χ3n) is 8.26. The van der Waals surface area contributed by atoms with Gasteiger partial charge in [0.25, 0.3) is 0 Å².